The number of thiophene rings is 1. The molecule has 0 bridgehead atoms. The molecule has 4 aromatic rings. The van der Waals surface area contributed by atoms with Crippen molar-refractivity contribution in [1.82, 2.24) is 24.6 Å². The monoisotopic (exact) mass is 432 g/mol. The molecule has 31 heavy (non-hydrogen) atoms. The average molecular weight is 433 g/mol. The van der Waals surface area contributed by atoms with Crippen LogP contribution in [0.5, 0.6) is 0 Å². The summed E-state index contributed by atoms with van der Waals surface area (Å²) in [5, 5.41) is 5.39. The predicted molar refractivity (Wildman–Crippen MR) is 123 cm³/mol. The van der Waals surface area contributed by atoms with E-state index in [4.69, 9.17) is 0 Å². The van der Waals surface area contributed by atoms with E-state index >= 15 is 0 Å². The highest BCUT2D eigenvalue weighted by Crippen LogP contribution is 2.31. The van der Waals surface area contributed by atoms with Crippen LogP contribution in [0.4, 0.5) is 5.82 Å². The van der Waals surface area contributed by atoms with E-state index in [0.717, 1.165) is 46.8 Å². The van der Waals surface area contributed by atoms with Gasteiger partial charge in [0.2, 0.25) is 5.91 Å². The lowest BCUT2D eigenvalue weighted by molar-refractivity contribution is -0.130. The van der Waals surface area contributed by atoms with Gasteiger partial charge in [0, 0.05) is 43.4 Å². The molecule has 8 heteroatoms. The summed E-state index contributed by atoms with van der Waals surface area (Å²) in [7, 11) is 0. The molecule has 3 aromatic heterocycles. The number of nitrogens with zero attached hydrogens (tertiary/aromatic N) is 6. The van der Waals surface area contributed by atoms with Crippen molar-refractivity contribution in [1.29, 1.82) is 0 Å². The minimum atomic E-state index is 0.161. The first-order valence-electron chi connectivity index (χ1n) is 10.6. The van der Waals surface area contributed by atoms with Crippen molar-refractivity contribution in [3.8, 4) is 5.69 Å². The Bertz CT molecular complexity index is 1190. The standard InChI is InChI=1S/C23H24N6OS/c1-2-19-15-20-22(24-16-25-23(20)31-19)28-11-9-27(10-12-28)21(30)14-17-5-3-6-18(13-17)29-8-4-7-26-29/h3-8,13,15-16H,2,9-12,14H2,1H3. The number of fused-ring (bicyclic) bond motifs is 1. The van der Waals surface area contributed by atoms with Crippen LogP contribution in [-0.2, 0) is 17.6 Å². The molecule has 0 radical (unpaired) electrons. The highest BCUT2D eigenvalue weighted by atomic mass is 32.1. The molecule has 0 saturated carbocycles. The van der Waals surface area contributed by atoms with Crippen LogP contribution in [0.15, 0.2) is 55.1 Å². The minimum Gasteiger partial charge on any atom is -0.352 e. The Morgan fingerprint density at radius 2 is 1.97 bits per heavy atom. The average Bonchev–Trinajstić information content (AvgIpc) is 3.49. The van der Waals surface area contributed by atoms with Crippen LogP contribution >= 0.6 is 11.3 Å². The quantitative estimate of drug-likeness (QED) is 0.484. The molecule has 0 N–H and O–H groups in total. The van der Waals surface area contributed by atoms with Gasteiger partial charge in [-0.1, -0.05) is 19.1 Å². The van der Waals surface area contributed by atoms with Crippen molar-refractivity contribution in [3.05, 3.63) is 65.6 Å². The topological polar surface area (TPSA) is 67.2 Å². The maximum absolute atomic E-state index is 12.9. The van der Waals surface area contributed by atoms with Gasteiger partial charge in [0.15, 0.2) is 0 Å². The van der Waals surface area contributed by atoms with Gasteiger partial charge in [-0.25, -0.2) is 14.6 Å². The number of anilines is 1. The summed E-state index contributed by atoms with van der Waals surface area (Å²) < 4.78 is 1.81. The molecule has 0 unspecified atom stereocenters. The molecule has 7 nitrogen and oxygen atoms in total. The maximum atomic E-state index is 12.9. The van der Waals surface area contributed by atoms with E-state index in [0.29, 0.717) is 19.5 Å². The first kappa shape index (κ1) is 19.7. The van der Waals surface area contributed by atoms with Crippen molar-refractivity contribution >= 4 is 33.3 Å². The van der Waals surface area contributed by atoms with Crippen LogP contribution in [0.3, 0.4) is 0 Å². The highest BCUT2D eigenvalue weighted by Gasteiger charge is 2.24. The number of rotatable bonds is 5. The molecule has 1 aliphatic heterocycles. The largest absolute Gasteiger partial charge is 0.352 e. The van der Waals surface area contributed by atoms with Gasteiger partial charge in [0.05, 0.1) is 17.5 Å². The van der Waals surface area contributed by atoms with E-state index in [1.165, 1.54) is 4.88 Å². The van der Waals surface area contributed by atoms with Gasteiger partial charge in [-0.2, -0.15) is 5.10 Å². The van der Waals surface area contributed by atoms with Crippen molar-refractivity contribution in [2.75, 3.05) is 31.1 Å². The number of amides is 1. The molecule has 1 aromatic carbocycles. The molecule has 1 fully saturated rings. The fourth-order valence-electron chi connectivity index (χ4n) is 4.00. The van der Waals surface area contributed by atoms with Gasteiger partial charge in [0.25, 0.3) is 0 Å². The van der Waals surface area contributed by atoms with Crippen molar-refractivity contribution in [2.24, 2.45) is 0 Å². The number of piperazine rings is 1. The second-order valence-corrected chi connectivity index (χ2v) is 8.76. The Hall–Kier alpha value is -3.26. The molecule has 1 aliphatic rings. The van der Waals surface area contributed by atoms with Gasteiger partial charge >= 0.3 is 0 Å². The van der Waals surface area contributed by atoms with Gasteiger partial charge in [-0.15, -0.1) is 11.3 Å². The number of carbonyl (C=O) groups is 1. The lowest BCUT2D eigenvalue weighted by Gasteiger charge is -2.35. The minimum absolute atomic E-state index is 0.161. The molecule has 0 atom stereocenters. The fraction of sp³-hybridized carbons (Fsp3) is 0.304. The van der Waals surface area contributed by atoms with E-state index in [2.05, 4.69) is 33.0 Å². The van der Waals surface area contributed by atoms with E-state index in [9.17, 15) is 4.79 Å². The number of hydrogen-bond acceptors (Lipinski definition) is 6. The molecule has 5 rings (SSSR count). The third kappa shape index (κ3) is 4.03. The second kappa shape index (κ2) is 8.47. The molecular weight excluding hydrogens is 408 g/mol. The summed E-state index contributed by atoms with van der Waals surface area (Å²) in [6.07, 6.45) is 6.71. The van der Waals surface area contributed by atoms with E-state index in [-0.39, 0.29) is 5.91 Å². The Morgan fingerprint density at radius 1 is 1.10 bits per heavy atom. The van der Waals surface area contributed by atoms with Crippen LogP contribution in [-0.4, -0.2) is 56.7 Å². The Kier molecular flexibility index (Phi) is 5.38. The van der Waals surface area contributed by atoms with E-state index in [1.807, 2.05) is 46.1 Å². The Morgan fingerprint density at radius 3 is 2.74 bits per heavy atom. The molecule has 158 valence electrons. The molecule has 0 aliphatic carbocycles. The fourth-order valence-corrected chi connectivity index (χ4v) is 4.93. The van der Waals surface area contributed by atoms with Gasteiger partial charge < -0.3 is 9.80 Å². The van der Waals surface area contributed by atoms with Crippen LogP contribution < -0.4 is 4.90 Å². The normalized spacial score (nSPS) is 14.4. The summed E-state index contributed by atoms with van der Waals surface area (Å²) >= 11 is 1.73. The van der Waals surface area contributed by atoms with Gasteiger partial charge in [-0.3, -0.25) is 4.79 Å². The van der Waals surface area contributed by atoms with Crippen molar-refractivity contribution in [2.45, 2.75) is 19.8 Å². The van der Waals surface area contributed by atoms with Crippen LogP contribution in [0.1, 0.15) is 17.4 Å². The Labute approximate surface area is 185 Å². The zero-order valence-electron chi connectivity index (χ0n) is 17.4. The van der Waals surface area contributed by atoms with Crippen LogP contribution in [0, 0.1) is 0 Å². The van der Waals surface area contributed by atoms with Gasteiger partial charge in [0.1, 0.15) is 17.0 Å². The number of aryl methyl sites for hydroxylation is 1. The van der Waals surface area contributed by atoms with Gasteiger partial charge in [-0.05, 0) is 36.2 Å². The smallest absolute Gasteiger partial charge is 0.227 e. The highest BCUT2D eigenvalue weighted by molar-refractivity contribution is 7.18. The first-order chi connectivity index (χ1) is 15.2. The lowest BCUT2D eigenvalue weighted by Crippen LogP contribution is -2.49. The third-order valence-electron chi connectivity index (χ3n) is 5.67. The molecule has 1 saturated heterocycles. The number of hydrogen-bond donors (Lipinski definition) is 0. The summed E-state index contributed by atoms with van der Waals surface area (Å²) in [5.74, 6) is 1.15. The molecule has 1 amide bonds. The zero-order valence-corrected chi connectivity index (χ0v) is 18.3. The summed E-state index contributed by atoms with van der Waals surface area (Å²) in [6.45, 7) is 5.12. The third-order valence-corrected chi connectivity index (χ3v) is 6.86. The molecular formula is C23H24N6OS. The van der Waals surface area contributed by atoms with Crippen LogP contribution in [0.25, 0.3) is 15.9 Å². The zero-order chi connectivity index (χ0) is 21.2. The summed E-state index contributed by atoms with van der Waals surface area (Å²) in [6, 6.07) is 12.1. The summed E-state index contributed by atoms with van der Waals surface area (Å²) in [5.41, 5.74) is 1.97. The number of benzene rings is 1. The van der Waals surface area contributed by atoms with Crippen molar-refractivity contribution in [3.63, 3.8) is 0 Å². The Balaban J connectivity index is 1.24. The molecule has 4 heterocycles. The number of carbonyl (C=O) groups excluding carboxylic acids is 1. The first-order valence-corrected chi connectivity index (χ1v) is 11.4. The lowest BCUT2D eigenvalue weighted by atomic mass is 10.1. The second-order valence-electron chi connectivity index (χ2n) is 7.65. The summed E-state index contributed by atoms with van der Waals surface area (Å²) in [4.78, 5) is 28.5. The molecule has 0 spiro atoms. The number of aromatic nitrogens is 4. The van der Waals surface area contributed by atoms with Crippen molar-refractivity contribution < 1.29 is 4.79 Å². The van der Waals surface area contributed by atoms with E-state index < -0.39 is 0 Å². The van der Waals surface area contributed by atoms with Crippen LogP contribution in [0.2, 0.25) is 0 Å². The predicted octanol–water partition coefficient (Wildman–Crippen LogP) is 3.33. The SMILES string of the molecule is CCc1cc2c(N3CCN(C(=O)Cc4cccc(-n5cccn5)c4)CC3)ncnc2s1. The maximum Gasteiger partial charge on any atom is 0.227 e. The van der Waals surface area contributed by atoms with E-state index in [1.54, 1.807) is 23.9 Å².